The Hall–Kier alpha value is -2.00. The molecule has 2 aromatic rings. The van der Waals surface area contributed by atoms with E-state index >= 15 is 0 Å². The Morgan fingerprint density at radius 1 is 1.50 bits per heavy atom. The van der Waals surface area contributed by atoms with E-state index in [9.17, 15) is 0 Å². The predicted octanol–water partition coefficient (Wildman–Crippen LogP) is 2.21. The van der Waals surface area contributed by atoms with E-state index in [1.165, 1.54) is 0 Å². The lowest BCUT2D eigenvalue weighted by Gasteiger charge is -2.08. The average Bonchev–Trinajstić information content (AvgIpc) is 2.77. The predicted molar refractivity (Wildman–Crippen MR) is 74.0 cm³/mol. The van der Waals surface area contributed by atoms with Gasteiger partial charge >= 0.3 is 0 Å². The summed E-state index contributed by atoms with van der Waals surface area (Å²) in [6.07, 6.45) is 3.38. The van der Waals surface area contributed by atoms with Crippen LogP contribution in [0.5, 0.6) is 0 Å². The summed E-state index contributed by atoms with van der Waals surface area (Å²) in [6, 6.07) is 7.71. The van der Waals surface area contributed by atoms with Crippen molar-refractivity contribution in [2.24, 2.45) is 0 Å². The van der Waals surface area contributed by atoms with E-state index in [1.807, 2.05) is 12.1 Å². The van der Waals surface area contributed by atoms with Crippen LogP contribution < -0.4 is 11.1 Å². The lowest BCUT2D eigenvalue weighted by atomic mass is 10.2. The normalized spacial score (nSPS) is 10.0. The minimum Gasteiger partial charge on any atom is -0.396 e. The van der Waals surface area contributed by atoms with Crippen LogP contribution in [0.3, 0.4) is 0 Å². The van der Waals surface area contributed by atoms with Gasteiger partial charge in [0.05, 0.1) is 29.7 Å². The molecule has 0 unspecified atom stereocenters. The fourth-order valence-corrected chi connectivity index (χ4v) is 1.93. The number of halogens is 1. The van der Waals surface area contributed by atoms with Crippen LogP contribution in [0.4, 0.5) is 11.4 Å². The molecule has 0 radical (unpaired) electrons. The van der Waals surface area contributed by atoms with Crippen molar-refractivity contribution in [2.75, 3.05) is 17.6 Å². The van der Waals surface area contributed by atoms with Gasteiger partial charge in [-0.1, -0.05) is 15.9 Å². The van der Waals surface area contributed by atoms with Crippen molar-refractivity contribution in [1.82, 2.24) is 9.78 Å². The second kappa shape index (κ2) is 5.56. The zero-order valence-corrected chi connectivity index (χ0v) is 11.2. The van der Waals surface area contributed by atoms with Crippen LogP contribution in [-0.4, -0.2) is 16.3 Å². The van der Waals surface area contributed by atoms with Gasteiger partial charge in [-0.05, 0) is 18.2 Å². The maximum Gasteiger partial charge on any atom is 0.101 e. The smallest absolute Gasteiger partial charge is 0.101 e. The number of anilines is 2. The minimum atomic E-state index is 0.615. The minimum absolute atomic E-state index is 0.615. The van der Waals surface area contributed by atoms with Crippen LogP contribution in [0.2, 0.25) is 0 Å². The van der Waals surface area contributed by atoms with Crippen molar-refractivity contribution < 1.29 is 0 Å². The Morgan fingerprint density at radius 3 is 3.00 bits per heavy atom. The van der Waals surface area contributed by atoms with E-state index in [-0.39, 0.29) is 0 Å². The third kappa shape index (κ3) is 3.02. The first kappa shape index (κ1) is 12.5. The molecule has 1 aromatic heterocycles. The number of nitriles is 1. The van der Waals surface area contributed by atoms with Crippen LogP contribution in [0, 0.1) is 11.3 Å². The van der Waals surface area contributed by atoms with Crippen LogP contribution in [-0.2, 0) is 6.54 Å². The highest BCUT2D eigenvalue weighted by Gasteiger charge is 2.02. The molecular weight excluding hydrogens is 294 g/mol. The highest BCUT2D eigenvalue weighted by atomic mass is 79.9. The van der Waals surface area contributed by atoms with E-state index in [4.69, 9.17) is 11.0 Å². The molecule has 3 N–H and O–H groups in total. The number of nitrogens with two attached hydrogens (primary N) is 1. The van der Waals surface area contributed by atoms with Gasteiger partial charge in [0.25, 0.3) is 0 Å². The van der Waals surface area contributed by atoms with Gasteiger partial charge in [0.2, 0.25) is 0 Å². The molecule has 0 aliphatic rings. The maximum absolute atomic E-state index is 9.02. The van der Waals surface area contributed by atoms with Crippen molar-refractivity contribution in [3.05, 3.63) is 40.6 Å². The van der Waals surface area contributed by atoms with E-state index in [0.717, 1.165) is 10.2 Å². The molecule has 2 rings (SSSR count). The van der Waals surface area contributed by atoms with Gasteiger partial charge in [-0.15, -0.1) is 0 Å². The summed E-state index contributed by atoms with van der Waals surface area (Å²) in [5.41, 5.74) is 7.66. The second-order valence-electron chi connectivity index (χ2n) is 3.77. The molecule has 0 saturated carbocycles. The fourth-order valence-electron chi connectivity index (χ4n) is 1.57. The number of rotatable bonds is 4. The molecular formula is C12H12BrN5. The number of nitrogen functional groups attached to an aromatic ring is 1. The van der Waals surface area contributed by atoms with Gasteiger partial charge in [0.1, 0.15) is 6.07 Å². The van der Waals surface area contributed by atoms with E-state index in [1.54, 1.807) is 23.1 Å². The zero-order valence-electron chi connectivity index (χ0n) is 9.60. The molecule has 0 atom stereocenters. The largest absolute Gasteiger partial charge is 0.396 e. The van der Waals surface area contributed by atoms with Crippen LogP contribution in [0.1, 0.15) is 5.56 Å². The lowest BCUT2D eigenvalue weighted by molar-refractivity contribution is 0.638. The molecule has 0 aliphatic heterocycles. The van der Waals surface area contributed by atoms with Gasteiger partial charge in [0.15, 0.2) is 0 Å². The Balaban J connectivity index is 1.96. The Kier molecular flexibility index (Phi) is 3.85. The number of hydrogen-bond acceptors (Lipinski definition) is 4. The molecule has 1 aromatic carbocycles. The molecule has 0 fully saturated rings. The quantitative estimate of drug-likeness (QED) is 0.907. The zero-order chi connectivity index (χ0) is 13.0. The molecule has 18 heavy (non-hydrogen) atoms. The topological polar surface area (TPSA) is 79.7 Å². The number of aromatic nitrogens is 2. The Labute approximate surface area is 113 Å². The molecule has 0 amide bonds. The first-order chi connectivity index (χ1) is 8.69. The van der Waals surface area contributed by atoms with Crippen molar-refractivity contribution in [3.8, 4) is 6.07 Å². The molecule has 0 aliphatic carbocycles. The summed E-state index contributed by atoms with van der Waals surface area (Å²) in [6.45, 7) is 1.37. The molecule has 0 spiro atoms. The summed E-state index contributed by atoms with van der Waals surface area (Å²) in [4.78, 5) is 0. The van der Waals surface area contributed by atoms with Gasteiger partial charge in [-0.25, -0.2) is 0 Å². The highest BCUT2D eigenvalue weighted by molar-refractivity contribution is 9.10. The molecule has 1 heterocycles. The number of hydrogen-bond donors (Lipinski definition) is 2. The van der Waals surface area contributed by atoms with Crippen LogP contribution >= 0.6 is 15.9 Å². The number of benzene rings is 1. The Bertz CT molecular complexity index is 584. The molecule has 5 nitrogen and oxygen atoms in total. The third-order valence-electron chi connectivity index (χ3n) is 2.41. The number of nitrogens with one attached hydrogen (secondary N) is 1. The summed E-state index contributed by atoms with van der Waals surface area (Å²) >= 11 is 3.34. The van der Waals surface area contributed by atoms with Crippen molar-refractivity contribution in [3.63, 3.8) is 0 Å². The van der Waals surface area contributed by atoms with Crippen LogP contribution in [0.25, 0.3) is 0 Å². The SMILES string of the molecule is N#Cc1cc(Br)ccc1NCCn1cc(N)cn1. The van der Waals surface area contributed by atoms with Crippen molar-refractivity contribution >= 4 is 27.3 Å². The first-order valence-electron chi connectivity index (χ1n) is 5.40. The third-order valence-corrected chi connectivity index (χ3v) is 2.90. The number of nitrogens with zero attached hydrogens (tertiary/aromatic N) is 3. The summed E-state index contributed by atoms with van der Waals surface area (Å²) in [5, 5.41) is 16.3. The molecule has 0 bridgehead atoms. The van der Waals surface area contributed by atoms with E-state index in [2.05, 4.69) is 32.4 Å². The maximum atomic E-state index is 9.02. The molecule has 0 saturated heterocycles. The monoisotopic (exact) mass is 305 g/mol. The first-order valence-corrected chi connectivity index (χ1v) is 6.20. The second-order valence-corrected chi connectivity index (χ2v) is 4.68. The fraction of sp³-hybridized carbons (Fsp3) is 0.167. The van der Waals surface area contributed by atoms with Gasteiger partial charge < -0.3 is 11.1 Å². The summed E-state index contributed by atoms with van der Waals surface area (Å²) in [5.74, 6) is 0. The van der Waals surface area contributed by atoms with Crippen LogP contribution in [0.15, 0.2) is 35.1 Å². The Morgan fingerprint density at radius 2 is 2.33 bits per heavy atom. The van der Waals surface area contributed by atoms with Gasteiger partial charge in [0, 0.05) is 17.2 Å². The van der Waals surface area contributed by atoms with Gasteiger partial charge in [-0.3, -0.25) is 4.68 Å². The lowest BCUT2D eigenvalue weighted by Crippen LogP contribution is -2.11. The van der Waals surface area contributed by atoms with E-state index in [0.29, 0.717) is 24.3 Å². The standard InChI is InChI=1S/C12H12BrN5/c13-10-1-2-12(9(5-10)6-14)16-3-4-18-8-11(15)7-17-18/h1-2,5,7-8,16H,3-4,15H2. The van der Waals surface area contributed by atoms with Crippen molar-refractivity contribution in [1.29, 1.82) is 5.26 Å². The molecule has 6 heteroatoms. The summed E-state index contributed by atoms with van der Waals surface area (Å²) in [7, 11) is 0. The van der Waals surface area contributed by atoms with Crippen molar-refractivity contribution in [2.45, 2.75) is 6.54 Å². The summed E-state index contributed by atoms with van der Waals surface area (Å²) < 4.78 is 2.65. The van der Waals surface area contributed by atoms with E-state index < -0.39 is 0 Å². The highest BCUT2D eigenvalue weighted by Crippen LogP contribution is 2.19. The molecule has 92 valence electrons. The van der Waals surface area contributed by atoms with Gasteiger partial charge in [-0.2, -0.15) is 10.4 Å². The average molecular weight is 306 g/mol.